The second-order valence-electron chi connectivity index (χ2n) is 3.26. The molecule has 0 amide bonds. The van der Waals surface area contributed by atoms with Gasteiger partial charge in [-0.1, -0.05) is 6.58 Å². The maximum Gasteiger partial charge on any atom is 0.665 e. The summed E-state index contributed by atoms with van der Waals surface area (Å²) in [6.07, 6.45) is -0.0158. The summed E-state index contributed by atoms with van der Waals surface area (Å²) in [5, 5.41) is 0. The summed E-state index contributed by atoms with van der Waals surface area (Å²) in [6.45, 7) is 6.73. The molecular formula is C9H14O6Si. The van der Waals surface area contributed by atoms with Crippen molar-refractivity contribution in [2.45, 2.75) is 20.0 Å². The van der Waals surface area contributed by atoms with Crippen molar-refractivity contribution in [2.24, 2.45) is 0 Å². The van der Waals surface area contributed by atoms with Crippen molar-refractivity contribution in [3.05, 3.63) is 12.3 Å². The average Bonchev–Trinajstić information content (AvgIpc) is 2.95. The maximum absolute atomic E-state index is 10.9. The number of carbonyl (C=O) groups is 2. The standard InChI is InChI=1S/C9H14O6Si/c1-4-16(14-7(2)10,15-8(3)11)13-6-9-5-12-9/h4,9H,1,5-6H2,2-3H3. The Balaban J connectivity index is 2.63. The first kappa shape index (κ1) is 12.9. The van der Waals surface area contributed by atoms with E-state index in [1.165, 1.54) is 19.5 Å². The van der Waals surface area contributed by atoms with E-state index < -0.39 is 20.7 Å². The van der Waals surface area contributed by atoms with Gasteiger partial charge in [-0.05, 0) is 0 Å². The molecule has 1 aliphatic heterocycles. The van der Waals surface area contributed by atoms with Gasteiger partial charge in [-0.25, -0.2) is 0 Å². The number of carbonyl (C=O) groups excluding carboxylic acids is 2. The summed E-state index contributed by atoms with van der Waals surface area (Å²) in [4.78, 5) is 21.8. The monoisotopic (exact) mass is 246 g/mol. The van der Waals surface area contributed by atoms with Crippen LogP contribution in [-0.2, 0) is 27.6 Å². The van der Waals surface area contributed by atoms with Crippen molar-refractivity contribution >= 4 is 20.7 Å². The van der Waals surface area contributed by atoms with Crippen LogP contribution in [-0.4, -0.2) is 40.1 Å². The van der Waals surface area contributed by atoms with Gasteiger partial charge in [-0.2, -0.15) is 0 Å². The zero-order valence-electron chi connectivity index (χ0n) is 9.23. The van der Waals surface area contributed by atoms with Crippen molar-refractivity contribution in [3.63, 3.8) is 0 Å². The predicted molar refractivity (Wildman–Crippen MR) is 55.2 cm³/mol. The van der Waals surface area contributed by atoms with E-state index in [1.54, 1.807) is 0 Å². The van der Waals surface area contributed by atoms with Gasteiger partial charge in [0.15, 0.2) is 0 Å². The molecule has 0 bridgehead atoms. The molecule has 16 heavy (non-hydrogen) atoms. The van der Waals surface area contributed by atoms with Crippen molar-refractivity contribution < 1.29 is 27.6 Å². The lowest BCUT2D eigenvalue weighted by atomic mass is 10.5. The van der Waals surface area contributed by atoms with Crippen molar-refractivity contribution in [2.75, 3.05) is 13.2 Å². The minimum atomic E-state index is -3.43. The van der Waals surface area contributed by atoms with Gasteiger partial charge in [0.05, 0.1) is 13.2 Å². The summed E-state index contributed by atoms with van der Waals surface area (Å²) < 4.78 is 20.1. The number of epoxide rings is 1. The first-order valence-corrected chi connectivity index (χ1v) is 6.56. The van der Waals surface area contributed by atoms with E-state index in [1.807, 2.05) is 0 Å². The molecule has 6 nitrogen and oxygen atoms in total. The third-order valence-corrected chi connectivity index (χ3v) is 3.91. The number of rotatable bonds is 6. The van der Waals surface area contributed by atoms with Gasteiger partial charge in [0.25, 0.3) is 11.9 Å². The Bertz CT molecular complexity index is 282. The Kier molecular flexibility index (Phi) is 4.22. The van der Waals surface area contributed by atoms with E-state index in [4.69, 9.17) is 18.0 Å². The molecule has 0 spiro atoms. The number of hydrogen-bond acceptors (Lipinski definition) is 6. The van der Waals surface area contributed by atoms with Gasteiger partial charge in [0.1, 0.15) is 6.10 Å². The topological polar surface area (TPSA) is 74.4 Å². The van der Waals surface area contributed by atoms with Crippen LogP contribution in [0.25, 0.3) is 0 Å². The van der Waals surface area contributed by atoms with Crippen LogP contribution in [0.15, 0.2) is 12.3 Å². The summed E-state index contributed by atoms with van der Waals surface area (Å²) in [5.74, 6) is -1.16. The molecule has 0 aliphatic carbocycles. The largest absolute Gasteiger partial charge is 0.665 e. The molecule has 0 aromatic rings. The molecule has 1 rings (SSSR count). The van der Waals surface area contributed by atoms with E-state index >= 15 is 0 Å². The molecule has 1 fully saturated rings. The van der Waals surface area contributed by atoms with Crippen LogP contribution >= 0.6 is 0 Å². The third-order valence-electron chi connectivity index (χ3n) is 1.69. The predicted octanol–water partition coefficient (Wildman–Crippen LogP) is 0.192. The second kappa shape index (κ2) is 5.24. The smallest absolute Gasteiger partial charge is 0.461 e. The Morgan fingerprint density at radius 3 is 2.25 bits per heavy atom. The van der Waals surface area contributed by atoms with Crippen LogP contribution in [0.5, 0.6) is 0 Å². The van der Waals surface area contributed by atoms with Crippen LogP contribution in [0.4, 0.5) is 0 Å². The van der Waals surface area contributed by atoms with Crippen LogP contribution in [0.2, 0.25) is 0 Å². The summed E-state index contributed by atoms with van der Waals surface area (Å²) in [6, 6.07) is 0. The highest BCUT2D eigenvalue weighted by molar-refractivity contribution is 6.69. The minimum Gasteiger partial charge on any atom is -0.461 e. The van der Waals surface area contributed by atoms with Crippen molar-refractivity contribution in [3.8, 4) is 0 Å². The highest BCUT2D eigenvalue weighted by Gasteiger charge is 2.46. The van der Waals surface area contributed by atoms with Crippen LogP contribution < -0.4 is 0 Å². The Hall–Kier alpha value is -1.18. The Labute approximate surface area is 94.5 Å². The summed E-state index contributed by atoms with van der Waals surface area (Å²) in [7, 11) is -3.43. The van der Waals surface area contributed by atoms with Crippen LogP contribution in [0.1, 0.15) is 13.8 Å². The molecule has 7 heteroatoms. The van der Waals surface area contributed by atoms with Gasteiger partial charge in [-0.15, -0.1) is 0 Å². The number of ether oxygens (including phenoxy) is 1. The average molecular weight is 246 g/mol. The van der Waals surface area contributed by atoms with Crippen molar-refractivity contribution in [1.29, 1.82) is 0 Å². The normalized spacial score (nSPS) is 18.8. The zero-order chi connectivity index (χ0) is 12.2. The molecule has 0 aromatic carbocycles. The fourth-order valence-corrected chi connectivity index (χ4v) is 2.66. The maximum atomic E-state index is 10.9. The molecule has 1 heterocycles. The van der Waals surface area contributed by atoms with Gasteiger partial charge >= 0.3 is 8.80 Å². The van der Waals surface area contributed by atoms with Gasteiger partial charge in [-0.3, -0.25) is 9.59 Å². The van der Waals surface area contributed by atoms with E-state index in [0.29, 0.717) is 6.61 Å². The van der Waals surface area contributed by atoms with Gasteiger partial charge in [0.2, 0.25) is 0 Å². The fourth-order valence-electron chi connectivity index (χ4n) is 0.996. The molecule has 0 aromatic heterocycles. The van der Waals surface area contributed by atoms with Crippen LogP contribution in [0, 0.1) is 0 Å². The highest BCUT2D eigenvalue weighted by atomic mass is 28.4. The SMILES string of the molecule is C=C[Si](OCC1CO1)(OC(C)=O)OC(C)=O. The minimum absolute atomic E-state index is 0.0158. The molecule has 0 radical (unpaired) electrons. The third kappa shape index (κ3) is 4.13. The summed E-state index contributed by atoms with van der Waals surface area (Å²) in [5.41, 5.74) is 1.25. The molecule has 0 N–H and O–H groups in total. The van der Waals surface area contributed by atoms with Gasteiger partial charge < -0.3 is 18.0 Å². The first-order valence-electron chi connectivity index (χ1n) is 4.76. The van der Waals surface area contributed by atoms with Crippen LogP contribution in [0.3, 0.4) is 0 Å². The Morgan fingerprint density at radius 2 is 1.94 bits per heavy atom. The quantitative estimate of drug-likeness (QED) is 0.492. The number of hydrogen-bond donors (Lipinski definition) is 0. The van der Waals surface area contributed by atoms with E-state index in [-0.39, 0.29) is 12.7 Å². The second-order valence-corrected chi connectivity index (χ2v) is 5.57. The van der Waals surface area contributed by atoms with Gasteiger partial charge in [0, 0.05) is 19.5 Å². The highest BCUT2D eigenvalue weighted by Crippen LogP contribution is 2.16. The van der Waals surface area contributed by atoms with E-state index in [2.05, 4.69) is 6.58 Å². The lowest BCUT2D eigenvalue weighted by Crippen LogP contribution is -2.47. The Morgan fingerprint density at radius 1 is 1.44 bits per heavy atom. The molecular weight excluding hydrogens is 232 g/mol. The molecule has 90 valence electrons. The molecule has 0 saturated carbocycles. The molecule has 1 atom stereocenters. The lowest BCUT2D eigenvalue weighted by molar-refractivity contribution is -0.142. The molecule has 1 unspecified atom stereocenters. The summed E-state index contributed by atoms with van der Waals surface area (Å²) >= 11 is 0. The lowest BCUT2D eigenvalue weighted by Gasteiger charge is -2.23. The fraction of sp³-hybridized carbons (Fsp3) is 0.556. The van der Waals surface area contributed by atoms with E-state index in [0.717, 1.165) is 0 Å². The molecule has 1 saturated heterocycles. The van der Waals surface area contributed by atoms with Crippen molar-refractivity contribution in [1.82, 2.24) is 0 Å². The first-order chi connectivity index (χ1) is 7.47. The van der Waals surface area contributed by atoms with E-state index in [9.17, 15) is 9.59 Å². The molecule has 1 aliphatic rings. The zero-order valence-corrected chi connectivity index (χ0v) is 10.2.